The van der Waals surface area contributed by atoms with E-state index in [0.717, 1.165) is 38.9 Å². The van der Waals surface area contributed by atoms with Crippen LogP contribution in [0.4, 0.5) is 0 Å². The second kappa shape index (κ2) is 7.74. The molecule has 0 radical (unpaired) electrons. The number of nitrogens with two attached hydrogens (primary N) is 1. The van der Waals surface area contributed by atoms with E-state index in [2.05, 4.69) is 23.6 Å². The fourth-order valence-electron chi connectivity index (χ4n) is 3.85. The van der Waals surface area contributed by atoms with Gasteiger partial charge in [-0.2, -0.15) is 0 Å². The highest BCUT2D eigenvalue weighted by Crippen LogP contribution is 2.30. The lowest BCUT2D eigenvalue weighted by molar-refractivity contribution is 0.0138. The molecule has 0 aromatic rings. The minimum Gasteiger partial charge on any atom is -0.379 e. The number of unbranched alkanes of at least 4 members (excludes halogenated alkanes) is 1. The predicted molar refractivity (Wildman–Crippen MR) is 84.0 cm³/mol. The minimum absolute atomic E-state index is 0.247. The van der Waals surface area contributed by atoms with Gasteiger partial charge >= 0.3 is 0 Å². The molecule has 2 heterocycles. The molecule has 0 spiro atoms. The predicted octanol–water partition coefficient (Wildman–Crippen LogP) is 1.69. The average Bonchev–Trinajstić information content (AvgIpc) is 3.00. The van der Waals surface area contributed by atoms with E-state index in [0.29, 0.717) is 0 Å². The molecule has 2 aliphatic rings. The fourth-order valence-corrected chi connectivity index (χ4v) is 3.85. The van der Waals surface area contributed by atoms with Crippen LogP contribution in [0, 0.1) is 0 Å². The van der Waals surface area contributed by atoms with Crippen LogP contribution >= 0.6 is 0 Å². The van der Waals surface area contributed by atoms with Crippen LogP contribution in [0.15, 0.2) is 0 Å². The first kappa shape index (κ1) is 16.2. The van der Waals surface area contributed by atoms with E-state index in [1.807, 2.05) is 0 Å². The Hall–Kier alpha value is -0.160. The van der Waals surface area contributed by atoms with Crippen LogP contribution in [-0.4, -0.2) is 67.3 Å². The van der Waals surface area contributed by atoms with Crippen LogP contribution in [0.3, 0.4) is 0 Å². The third kappa shape index (κ3) is 3.53. The van der Waals surface area contributed by atoms with E-state index >= 15 is 0 Å². The number of likely N-dealkylation sites (tertiary alicyclic amines) is 1. The van der Waals surface area contributed by atoms with Crippen LogP contribution in [0.1, 0.15) is 46.0 Å². The molecule has 4 nitrogen and oxygen atoms in total. The lowest BCUT2D eigenvalue weighted by Crippen LogP contribution is -2.54. The molecule has 2 atom stereocenters. The summed E-state index contributed by atoms with van der Waals surface area (Å²) in [5, 5.41) is 0. The van der Waals surface area contributed by atoms with Gasteiger partial charge in [-0.25, -0.2) is 0 Å². The fraction of sp³-hybridized carbons (Fsp3) is 1.00. The Balaban J connectivity index is 1.94. The zero-order chi connectivity index (χ0) is 14.4. The Kier molecular flexibility index (Phi) is 6.27. The van der Waals surface area contributed by atoms with Crippen molar-refractivity contribution < 1.29 is 4.74 Å². The van der Waals surface area contributed by atoms with Crippen LogP contribution < -0.4 is 5.73 Å². The molecule has 2 aliphatic heterocycles. The summed E-state index contributed by atoms with van der Waals surface area (Å²) in [7, 11) is 0. The van der Waals surface area contributed by atoms with E-state index in [4.69, 9.17) is 10.5 Å². The average molecular weight is 283 g/mol. The lowest BCUT2D eigenvalue weighted by atomic mass is 9.88. The normalized spacial score (nSPS) is 28.6. The largest absolute Gasteiger partial charge is 0.379 e. The maximum Gasteiger partial charge on any atom is 0.0594 e. The summed E-state index contributed by atoms with van der Waals surface area (Å²) in [5.74, 6) is 0. The molecule has 20 heavy (non-hydrogen) atoms. The number of nitrogens with zero attached hydrogens (tertiary/aromatic N) is 2. The molecule has 2 fully saturated rings. The number of ether oxygens (including phenoxy) is 1. The highest BCUT2D eigenvalue weighted by Gasteiger charge is 2.39. The summed E-state index contributed by atoms with van der Waals surface area (Å²) in [6.07, 6.45) is 6.30. The van der Waals surface area contributed by atoms with Gasteiger partial charge in [-0.15, -0.1) is 0 Å². The summed E-state index contributed by atoms with van der Waals surface area (Å²) >= 11 is 0. The maximum atomic E-state index is 6.19. The second-order valence-electron chi connectivity index (χ2n) is 6.42. The zero-order valence-corrected chi connectivity index (χ0v) is 13.4. The first-order valence-electron chi connectivity index (χ1n) is 8.52. The standard InChI is InChI=1S/C16H33N3O/c1-3-5-7-16(4-2,14-17)19-8-6-15(13-19)18-9-11-20-12-10-18/h15H,3-14,17H2,1-2H3. The number of hydrogen-bond donors (Lipinski definition) is 1. The molecule has 0 aromatic carbocycles. The topological polar surface area (TPSA) is 41.7 Å². The number of rotatable bonds is 7. The molecule has 0 saturated carbocycles. The summed E-state index contributed by atoms with van der Waals surface area (Å²) < 4.78 is 5.47. The first-order chi connectivity index (χ1) is 9.75. The zero-order valence-electron chi connectivity index (χ0n) is 13.4. The molecule has 4 heteroatoms. The van der Waals surface area contributed by atoms with Gasteiger partial charge in [-0.05, 0) is 19.3 Å². The molecular formula is C16H33N3O. The quantitative estimate of drug-likeness (QED) is 0.772. The van der Waals surface area contributed by atoms with Gasteiger partial charge in [0.05, 0.1) is 13.2 Å². The maximum absolute atomic E-state index is 6.19. The van der Waals surface area contributed by atoms with Gasteiger partial charge in [-0.3, -0.25) is 9.80 Å². The summed E-state index contributed by atoms with van der Waals surface area (Å²) in [6, 6.07) is 0.720. The van der Waals surface area contributed by atoms with Crippen molar-refractivity contribution in [1.29, 1.82) is 0 Å². The summed E-state index contributed by atoms with van der Waals surface area (Å²) in [4.78, 5) is 5.32. The third-order valence-corrected chi connectivity index (χ3v) is 5.43. The van der Waals surface area contributed by atoms with Crippen molar-refractivity contribution in [3.63, 3.8) is 0 Å². The lowest BCUT2D eigenvalue weighted by Gasteiger charge is -2.42. The highest BCUT2D eigenvalue weighted by atomic mass is 16.5. The number of hydrogen-bond acceptors (Lipinski definition) is 4. The van der Waals surface area contributed by atoms with Crippen molar-refractivity contribution in [2.45, 2.75) is 57.5 Å². The molecule has 0 aromatic heterocycles. The monoisotopic (exact) mass is 283 g/mol. The van der Waals surface area contributed by atoms with Crippen LogP contribution in [0.25, 0.3) is 0 Å². The Bertz CT molecular complexity index is 275. The molecule has 0 amide bonds. The van der Waals surface area contributed by atoms with E-state index < -0.39 is 0 Å². The first-order valence-corrected chi connectivity index (χ1v) is 8.52. The molecule has 2 unspecified atom stereocenters. The Morgan fingerprint density at radius 1 is 1.20 bits per heavy atom. The molecule has 2 saturated heterocycles. The van der Waals surface area contributed by atoms with Gasteiger partial charge < -0.3 is 10.5 Å². The Labute approximate surface area is 124 Å². The van der Waals surface area contributed by atoms with E-state index in [1.165, 1.54) is 45.2 Å². The van der Waals surface area contributed by atoms with E-state index in [9.17, 15) is 0 Å². The Morgan fingerprint density at radius 3 is 2.55 bits per heavy atom. The second-order valence-corrected chi connectivity index (χ2v) is 6.42. The molecule has 0 aliphatic carbocycles. The number of morpholine rings is 1. The van der Waals surface area contributed by atoms with Crippen molar-refractivity contribution in [3.05, 3.63) is 0 Å². The van der Waals surface area contributed by atoms with Gasteiger partial charge in [-0.1, -0.05) is 26.7 Å². The van der Waals surface area contributed by atoms with Crippen molar-refractivity contribution >= 4 is 0 Å². The van der Waals surface area contributed by atoms with Gasteiger partial charge in [0.15, 0.2) is 0 Å². The van der Waals surface area contributed by atoms with Gasteiger partial charge in [0.2, 0.25) is 0 Å². The van der Waals surface area contributed by atoms with Crippen molar-refractivity contribution in [2.75, 3.05) is 45.9 Å². The van der Waals surface area contributed by atoms with Crippen LogP contribution in [-0.2, 0) is 4.74 Å². The van der Waals surface area contributed by atoms with Crippen molar-refractivity contribution in [2.24, 2.45) is 5.73 Å². The molecule has 2 rings (SSSR count). The SMILES string of the molecule is CCCCC(CC)(CN)N1CCC(N2CCOCC2)C1. The molecule has 118 valence electrons. The molecule has 2 N–H and O–H groups in total. The van der Waals surface area contributed by atoms with Crippen LogP contribution in [0.2, 0.25) is 0 Å². The minimum atomic E-state index is 0.247. The van der Waals surface area contributed by atoms with Crippen molar-refractivity contribution in [1.82, 2.24) is 9.80 Å². The van der Waals surface area contributed by atoms with Gasteiger partial charge in [0.1, 0.15) is 0 Å². The van der Waals surface area contributed by atoms with Crippen molar-refractivity contribution in [3.8, 4) is 0 Å². The highest BCUT2D eigenvalue weighted by molar-refractivity contribution is 4.97. The molecular weight excluding hydrogens is 250 g/mol. The van der Waals surface area contributed by atoms with Gasteiger partial charge in [0, 0.05) is 44.3 Å². The summed E-state index contributed by atoms with van der Waals surface area (Å²) in [6.45, 7) is 11.8. The third-order valence-electron chi connectivity index (χ3n) is 5.43. The molecule has 0 bridgehead atoms. The van der Waals surface area contributed by atoms with E-state index in [-0.39, 0.29) is 5.54 Å². The summed E-state index contributed by atoms with van der Waals surface area (Å²) in [5.41, 5.74) is 6.43. The van der Waals surface area contributed by atoms with Crippen LogP contribution in [0.5, 0.6) is 0 Å². The van der Waals surface area contributed by atoms with Gasteiger partial charge in [0.25, 0.3) is 0 Å². The Morgan fingerprint density at radius 2 is 1.95 bits per heavy atom. The smallest absolute Gasteiger partial charge is 0.0594 e. The van der Waals surface area contributed by atoms with E-state index in [1.54, 1.807) is 0 Å².